The summed E-state index contributed by atoms with van der Waals surface area (Å²) in [7, 11) is -3.19. The molecule has 4 nitrogen and oxygen atoms in total. The summed E-state index contributed by atoms with van der Waals surface area (Å²) in [5.74, 6) is 0.537. The maximum absolute atomic E-state index is 9.91. The minimum atomic E-state index is -3.19. The van der Waals surface area contributed by atoms with Crippen LogP contribution in [0.3, 0.4) is 0 Å². The topological polar surface area (TPSA) is 47.9 Å². The maximum Gasteiger partial charge on any atom is 0.619 e. The maximum atomic E-state index is 9.91. The molecular weight excluding hydrogens is 215 g/mol. The van der Waals surface area contributed by atoms with E-state index in [0.29, 0.717) is 19.0 Å². The second-order valence-corrected chi connectivity index (χ2v) is 4.34. The van der Waals surface area contributed by atoms with Gasteiger partial charge in [0.2, 0.25) is 0 Å². The summed E-state index contributed by atoms with van der Waals surface area (Å²) >= 11 is 0. The highest BCUT2D eigenvalue weighted by Gasteiger charge is 2.45. The van der Waals surface area contributed by atoms with Crippen LogP contribution >= 0.6 is 8.17 Å². The molecule has 0 radical (unpaired) electrons. The molecule has 0 saturated carbocycles. The Balaban J connectivity index is 2.66. The molecule has 0 aliphatic rings. The summed E-state index contributed by atoms with van der Waals surface area (Å²) in [6.45, 7) is 4.24. The number of rotatable bonds is 6. The van der Waals surface area contributed by atoms with Gasteiger partial charge < -0.3 is 0 Å². The number of para-hydroxylation sites is 1. The van der Waals surface area contributed by atoms with Crippen LogP contribution in [0.25, 0.3) is 0 Å². The monoisotopic (exact) mass is 231 g/mol. The van der Waals surface area contributed by atoms with Gasteiger partial charge in [-0.2, -0.15) is 4.89 Å². The Hall–Kier alpha value is -0.670. The van der Waals surface area contributed by atoms with Crippen molar-refractivity contribution in [1.82, 2.24) is 0 Å². The van der Waals surface area contributed by atoms with Crippen molar-refractivity contribution < 1.29 is 18.5 Å². The summed E-state index contributed by atoms with van der Waals surface area (Å²) in [5.41, 5.74) is 0. The third kappa shape index (κ3) is 4.14. The van der Waals surface area contributed by atoms with Gasteiger partial charge in [-0.1, -0.05) is 18.2 Å². The normalized spacial score (nSPS) is 11.4. The molecule has 0 aliphatic heterocycles. The minimum absolute atomic E-state index is 0.344. The number of benzene rings is 1. The van der Waals surface area contributed by atoms with Crippen molar-refractivity contribution in [2.75, 3.05) is 13.2 Å². The van der Waals surface area contributed by atoms with Gasteiger partial charge in [0.1, 0.15) is 0 Å². The van der Waals surface area contributed by atoms with Crippen molar-refractivity contribution in [2.45, 2.75) is 13.8 Å². The minimum Gasteiger partial charge on any atom is -0.261 e. The number of hydrogen-bond acceptors (Lipinski definition) is 4. The van der Waals surface area contributed by atoms with E-state index >= 15 is 0 Å². The lowest BCUT2D eigenvalue weighted by molar-refractivity contribution is 0.133. The Labute approximate surface area is 90.5 Å². The van der Waals surface area contributed by atoms with Crippen LogP contribution in [0.2, 0.25) is 0 Å². The first-order valence-corrected chi connectivity index (χ1v) is 6.35. The van der Waals surface area contributed by atoms with Gasteiger partial charge >= 0.3 is 8.17 Å². The van der Waals surface area contributed by atoms with E-state index in [1.54, 1.807) is 26.0 Å². The summed E-state index contributed by atoms with van der Waals surface area (Å²) in [4.78, 5) is 9.91. The molecule has 1 rings (SSSR count). The lowest BCUT2D eigenvalue weighted by atomic mass is 10.3. The second kappa shape index (κ2) is 6.03. The van der Waals surface area contributed by atoms with Crippen LogP contribution in [0.5, 0.6) is 5.75 Å². The highest BCUT2D eigenvalue weighted by Crippen LogP contribution is 2.57. The molecule has 0 fully saturated rings. The van der Waals surface area contributed by atoms with Crippen molar-refractivity contribution >= 4 is 8.17 Å². The average Bonchev–Trinajstić information content (AvgIpc) is 2.19. The van der Waals surface area contributed by atoms with Gasteiger partial charge in [-0.15, -0.1) is 9.05 Å². The summed E-state index contributed by atoms with van der Waals surface area (Å²) < 4.78 is 15.5. The molecule has 1 N–H and O–H groups in total. The molecule has 0 unspecified atom stereocenters. The SMILES string of the molecule is CCO[P+](O)(OCC)Oc1ccccc1. The third-order valence-corrected chi connectivity index (χ3v) is 3.16. The highest BCUT2D eigenvalue weighted by molar-refractivity contribution is 7.55. The molecule has 0 spiro atoms. The molecule has 1 aromatic rings. The van der Waals surface area contributed by atoms with Crippen LogP contribution in [0.1, 0.15) is 13.8 Å². The first-order chi connectivity index (χ1) is 7.20. The zero-order valence-electron chi connectivity index (χ0n) is 8.92. The fourth-order valence-corrected chi connectivity index (χ4v) is 2.25. The first kappa shape index (κ1) is 12.4. The van der Waals surface area contributed by atoms with Crippen LogP contribution in [0, 0.1) is 0 Å². The van der Waals surface area contributed by atoms with Gasteiger partial charge in [0, 0.05) is 0 Å². The Morgan fingerprint density at radius 2 is 1.60 bits per heavy atom. The van der Waals surface area contributed by atoms with Crippen LogP contribution in [-0.4, -0.2) is 18.1 Å². The average molecular weight is 231 g/mol. The fraction of sp³-hybridized carbons (Fsp3) is 0.400. The molecule has 1 aromatic carbocycles. The van der Waals surface area contributed by atoms with Crippen molar-refractivity contribution in [3.05, 3.63) is 30.3 Å². The third-order valence-electron chi connectivity index (χ3n) is 1.55. The standard InChI is InChI=1S/C10H16O4P/c1-3-12-15(11,13-4-2)14-10-8-6-5-7-9-10/h5-9,11H,3-4H2,1-2H3/q+1. The quantitative estimate of drug-likeness (QED) is 0.765. The molecule has 0 saturated heterocycles. The summed E-state index contributed by atoms with van der Waals surface area (Å²) in [5, 5.41) is 0. The number of hydrogen-bond donors (Lipinski definition) is 1. The van der Waals surface area contributed by atoms with Crippen LogP contribution in [0.15, 0.2) is 30.3 Å². The lowest BCUT2D eigenvalue weighted by Gasteiger charge is -2.13. The van der Waals surface area contributed by atoms with Crippen molar-refractivity contribution in [1.29, 1.82) is 0 Å². The predicted octanol–water partition coefficient (Wildman–Crippen LogP) is 2.81. The van der Waals surface area contributed by atoms with Crippen molar-refractivity contribution in [3.63, 3.8) is 0 Å². The summed E-state index contributed by atoms with van der Waals surface area (Å²) in [6.07, 6.45) is 0. The van der Waals surface area contributed by atoms with Crippen LogP contribution in [-0.2, 0) is 9.05 Å². The van der Waals surface area contributed by atoms with E-state index in [9.17, 15) is 4.89 Å². The molecule has 5 heteroatoms. The molecule has 0 amide bonds. The van der Waals surface area contributed by atoms with E-state index in [0.717, 1.165) is 0 Å². The van der Waals surface area contributed by atoms with Gasteiger partial charge in [0.15, 0.2) is 5.75 Å². The van der Waals surface area contributed by atoms with E-state index < -0.39 is 8.17 Å². The van der Waals surface area contributed by atoms with E-state index in [1.807, 2.05) is 18.2 Å². The first-order valence-electron chi connectivity index (χ1n) is 4.85. The second-order valence-electron chi connectivity index (χ2n) is 2.71. The van der Waals surface area contributed by atoms with E-state index in [1.165, 1.54) is 0 Å². The van der Waals surface area contributed by atoms with Gasteiger partial charge in [-0.3, -0.25) is 4.52 Å². The fourth-order valence-electron chi connectivity index (χ4n) is 1.03. The van der Waals surface area contributed by atoms with E-state index in [4.69, 9.17) is 13.6 Å². The summed E-state index contributed by atoms with van der Waals surface area (Å²) in [6, 6.07) is 8.98. The Bertz CT molecular complexity index is 272. The predicted molar refractivity (Wildman–Crippen MR) is 59.5 cm³/mol. The Kier molecular flexibility index (Phi) is 4.99. The molecule has 0 heterocycles. The molecule has 0 atom stereocenters. The van der Waals surface area contributed by atoms with E-state index in [2.05, 4.69) is 0 Å². The molecule has 84 valence electrons. The molecule has 15 heavy (non-hydrogen) atoms. The zero-order chi connectivity index (χ0) is 11.1. The van der Waals surface area contributed by atoms with Gasteiger partial charge in [0.05, 0.1) is 13.2 Å². The largest absolute Gasteiger partial charge is 0.619 e. The molecule has 0 bridgehead atoms. The van der Waals surface area contributed by atoms with Gasteiger partial charge in [-0.05, 0) is 26.0 Å². The van der Waals surface area contributed by atoms with Crippen LogP contribution < -0.4 is 4.52 Å². The van der Waals surface area contributed by atoms with Crippen LogP contribution in [0.4, 0.5) is 0 Å². The zero-order valence-corrected chi connectivity index (χ0v) is 9.81. The smallest absolute Gasteiger partial charge is 0.261 e. The van der Waals surface area contributed by atoms with Gasteiger partial charge in [0.25, 0.3) is 0 Å². The Morgan fingerprint density at radius 1 is 1.07 bits per heavy atom. The highest BCUT2D eigenvalue weighted by atomic mass is 31.2. The van der Waals surface area contributed by atoms with Crippen molar-refractivity contribution in [2.24, 2.45) is 0 Å². The van der Waals surface area contributed by atoms with E-state index in [-0.39, 0.29) is 0 Å². The van der Waals surface area contributed by atoms with Gasteiger partial charge in [-0.25, -0.2) is 0 Å². The van der Waals surface area contributed by atoms with Crippen molar-refractivity contribution in [3.8, 4) is 5.75 Å². The molecule has 0 aromatic heterocycles. The Morgan fingerprint density at radius 3 is 2.07 bits per heavy atom. The lowest BCUT2D eigenvalue weighted by Crippen LogP contribution is -2.08. The molecule has 0 aliphatic carbocycles. The molecular formula is C10H16O4P+.